The van der Waals surface area contributed by atoms with E-state index in [-0.39, 0.29) is 0 Å². The zero-order chi connectivity index (χ0) is 14.1. The van der Waals surface area contributed by atoms with Crippen molar-refractivity contribution in [3.63, 3.8) is 0 Å². The van der Waals surface area contributed by atoms with Crippen molar-refractivity contribution in [3.05, 3.63) is 29.8 Å². The molecule has 0 aromatic heterocycles. The Kier molecular flexibility index (Phi) is 7.53. The van der Waals surface area contributed by atoms with Gasteiger partial charge in [-0.3, -0.25) is 0 Å². The molecule has 0 bridgehead atoms. The van der Waals surface area contributed by atoms with Gasteiger partial charge in [0.2, 0.25) is 0 Å². The molecule has 1 aromatic carbocycles. The molecule has 0 aliphatic rings. The van der Waals surface area contributed by atoms with Gasteiger partial charge >= 0.3 is 0 Å². The van der Waals surface area contributed by atoms with Gasteiger partial charge in [-0.15, -0.1) is 0 Å². The van der Waals surface area contributed by atoms with Crippen molar-refractivity contribution in [2.24, 2.45) is 0 Å². The molecule has 0 saturated carbocycles. The van der Waals surface area contributed by atoms with Crippen molar-refractivity contribution in [3.8, 4) is 0 Å². The van der Waals surface area contributed by atoms with E-state index in [9.17, 15) is 0 Å². The van der Waals surface area contributed by atoms with Crippen LogP contribution in [0.15, 0.2) is 24.3 Å². The van der Waals surface area contributed by atoms with Crippen molar-refractivity contribution < 1.29 is 5.11 Å². The lowest BCUT2D eigenvalue weighted by Gasteiger charge is -2.25. The van der Waals surface area contributed by atoms with E-state index in [4.69, 9.17) is 5.11 Å². The van der Waals surface area contributed by atoms with Gasteiger partial charge < -0.3 is 15.3 Å². The molecule has 108 valence electrons. The van der Waals surface area contributed by atoms with Crippen molar-refractivity contribution in [2.75, 3.05) is 31.6 Å². The molecule has 0 radical (unpaired) electrons. The Balaban J connectivity index is 2.65. The average Bonchev–Trinajstić information content (AvgIpc) is 2.43. The summed E-state index contributed by atoms with van der Waals surface area (Å²) in [6, 6.07) is 8.97. The standard InChI is InChI=1S/C16H28N2O/c1-4-17-14(2)15-10-6-7-11-16(15)18(3)12-8-5-9-13-19/h6-7,10-11,14,17,19H,4-5,8-9,12-13H2,1-3H3. The Morgan fingerprint density at radius 1 is 1.21 bits per heavy atom. The van der Waals surface area contributed by atoms with Crippen molar-refractivity contribution in [1.29, 1.82) is 0 Å². The van der Waals surface area contributed by atoms with E-state index in [0.717, 1.165) is 32.4 Å². The number of nitrogens with zero attached hydrogens (tertiary/aromatic N) is 1. The number of aliphatic hydroxyl groups is 1. The molecule has 0 spiro atoms. The lowest BCUT2D eigenvalue weighted by molar-refractivity contribution is 0.283. The lowest BCUT2D eigenvalue weighted by Crippen LogP contribution is -2.24. The molecule has 0 fully saturated rings. The zero-order valence-electron chi connectivity index (χ0n) is 12.5. The molecule has 2 N–H and O–H groups in total. The third kappa shape index (κ3) is 5.21. The van der Waals surface area contributed by atoms with Crippen LogP contribution < -0.4 is 10.2 Å². The Morgan fingerprint density at radius 3 is 2.63 bits per heavy atom. The molecule has 0 heterocycles. The van der Waals surface area contributed by atoms with Crippen LogP contribution in [-0.2, 0) is 0 Å². The normalized spacial score (nSPS) is 12.4. The summed E-state index contributed by atoms with van der Waals surface area (Å²) < 4.78 is 0. The number of rotatable bonds is 9. The molecule has 0 amide bonds. The monoisotopic (exact) mass is 264 g/mol. The minimum absolute atomic E-state index is 0.303. The number of nitrogens with one attached hydrogen (secondary N) is 1. The highest BCUT2D eigenvalue weighted by Crippen LogP contribution is 2.25. The number of hydrogen-bond donors (Lipinski definition) is 2. The average molecular weight is 264 g/mol. The van der Waals surface area contributed by atoms with Crippen LogP contribution >= 0.6 is 0 Å². The van der Waals surface area contributed by atoms with Crippen LogP contribution in [0.1, 0.15) is 44.7 Å². The second kappa shape index (κ2) is 8.94. The predicted octanol–water partition coefficient (Wildman–Crippen LogP) is 2.96. The van der Waals surface area contributed by atoms with Crippen molar-refractivity contribution in [1.82, 2.24) is 5.32 Å². The van der Waals surface area contributed by atoms with Crippen LogP contribution in [0.25, 0.3) is 0 Å². The number of anilines is 1. The zero-order valence-corrected chi connectivity index (χ0v) is 12.5. The molecule has 1 atom stereocenters. The fourth-order valence-corrected chi connectivity index (χ4v) is 2.38. The highest BCUT2D eigenvalue weighted by Gasteiger charge is 2.11. The Hall–Kier alpha value is -1.06. The number of unbranched alkanes of at least 4 members (excludes halogenated alkanes) is 2. The minimum Gasteiger partial charge on any atom is -0.396 e. The van der Waals surface area contributed by atoms with Gasteiger partial charge in [-0.05, 0) is 44.4 Å². The first-order valence-corrected chi connectivity index (χ1v) is 7.35. The summed E-state index contributed by atoms with van der Waals surface area (Å²) in [5.41, 5.74) is 2.66. The molecule has 1 aromatic rings. The molecule has 1 unspecified atom stereocenters. The molecular formula is C16H28N2O. The second-order valence-electron chi connectivity index (χ2n) is 5.04. The van der Waals surface area contributed by atoms with Crippen LogP contribution in [0.5, 0.6) is 0 Å². The maximum atomic E-state index is 8.80. The van der Waals surface area contributed by atoms with Crippen LogP contribution in [0.2, 0.25) is 0 Å². The molecule has 3 nitrogen and oxygen atoms in total. The summed E-state index contributed by atoms with van der Waals surface area (Å²) in [5, 5.41) is 12.3. The van der Waals surface area contributed by atoms with Crippen LogP contribution in [-0.4, -0.2) is 31.9 Å². The molecule has 1 rings (SSSR count). The number of benzene rings is 1. The number of aliphatic hydroxyl groups excluding tert-OH is 1. The van der Waals surface area contributed by atoms with E-state index in [1.807, 2.05) is 0 Å². The van der Waals surface area contributed by atoms with Gasteiger partial charge in [0.15, 0.2) is 0 Å². The van der Waals surface area contributed by atoms with Gasteiger partial charge in [-0.2, -0.15) is 0 Å². The van der Waals surface area contributed by atoms with E-state index < -0.39 is 0 Å². The largest absolute Gasteiger partial charge is 0.396 e. The fraction of sp³-hybridized carbons (Fsp3) is 0.625. The van der Waals surface area contributed by atoms with E-state index >= 15 is 0 Å². The van der Waals surface area contributed by atoms with Gasteiger partial charge in [-0.1, -0.05) is 25.1 Å². The molecule has 0 aliphatic carbocycles. The Labute approximate surface area is 117 Å². The molecule has 0 aliphatic heterocycles. The maximum Gasteiger partial charge on any atom is 0.0431 e. The molecule has 0 saturated heterocycles. The first kappa shape index (κ1) is 16.0. The third-order valence-corrected chi connectivity index (χ3v) is 3.48. The SMILES string of the molecule is CCNC(C)c1ccccc1N(C)CCCCCO. The van der Waals surface area contributed by atoms with E-state index in [2.05, 4.69) is 55.4 Å². The summed E-state index contributed by atoms with van der Waals surface area (Å²) in [4.78, 5) is 2.32. The summed E-state index contributed by atoms with van der Waals surface area (Å²) in [7, 11) is 2.15. The Bertz CT molecular complexity index is 354. The number of para-hydroxylation sites is 1. The van der Waals surface area contributed by atoms with Gasteiger partial charge in [0.1, 0.15) is 0 Å². The van der Waals surface area contributed by atoms with Crippen LogP contribution in [0.4, 0.5) is 5.69 Å². The first-order valence-electron chi connectivity index (χ1n) is 7.35. The summed E-state index contributed by atoms with van der Waals surface area (Å²) in [6.45, 7) is 6.67. The topological polar surface area (TPSA) is 35.5 Å². The highest BCUT2D eigenvalue weighted by atomic mass is 16.2. The van der Waals surface area contributed by atoms with E-state index in [1.54, 1.807) is 0 Å². The second-order valence-corrected chi connectivity index (χ2v) is 5.04. The van der Waals surface area contributed by atoms with Crippen molar-refractivity contribution >= 4 is 5.69 Å². The van der Waals surface area contributed by atoms with Gasteiger partial charge in [-0.25, -0.2) is 0 Å². The van der Waals surface area contributed by atoms with E-state index in [0.29, 0.717) is 12.6 Å². The fourth-order valence-electron chi connectivity index (χ4n) is 2.38. The van der Waals surface area contributed by atoms with Gasteiger partial charge in [0.05, 0.1) is 0 Å². The summed E-state index contributed by atoms with van der Waals surface area (Å²) in [6.07, 6.45) is 3.12. The van der Waals surface area contributed by atoms with Crippen molar-refractivity contribution in [2.45, 2.75) is 39.2 Å². The maximum absolute atomic E-state index is 8.80. The molecule has 19 heavy (non-hydrogen) atoms. The Morgan fingerprint density at radius 2 is 1.95 bits per heavy atom. The summed E-state index contributed by atoms with van der Waals surface area (Å²) >= 11 is 0. The highest BCUT2D eigenvalue weighted by molar-refractivity contribution is 5.54. The molecular weight excluding hydrogens is 236 g/mol. The predicted molar refractivity (Wildman–Crippen MR) is 82.7 cm³/mol. The quantitative estimate of drug-likeness (QED) is 0.673. The first-order chi connectivity index (χ1) is 9.20. The third-order valence-electron chi connectivity index (χ3n) is 3.48. The molecule has 3 heteroatoms. The van der Waals surface area contributed by atoms with E-state index in [1.165, 1.54) is 11.3 Å². The minimum atomic E-state index is 0.303. The van der Waals surface area contributed by atoms with Crippen LogP contribution in [0, 0.1) is 0 Å². The lowest BCUT2D eigenvalue weighted by atomic mass is 10.0. The van der Waals surface area contributed by atoms with Gasteiger partial charge in [0.25, 0.3) is 0 Å². The van der Waals surface area contributed by atoms with Gasteiger partial charge in [0, 0.05) is 31.9 Å². The smallest absolute Gasteiger partial charge is 0.0431 e. The number of hydrogen-bond acceptors (Lipinski definition) is 3. The summed E-state index contributed by atoms with van der Waals surface area (Å²) in [5.74, 6) is 0. The van der Waals surface area contributed by atoms with Crippen LogP contribution in [0.3, 0.4) is 0 Å².